The molecule has 2 aromatic rings. The van der Waals surface area contributed by atoms with Crippen LogP contribution in [0, 0.1) is 5.82 Å². The number of nitrogens with zero attached hydrogens (tertiary/aromatic N) is 2. The highest BCUT2D eigenvalue weighted by Crippen LogP contribution is 2.22. The van der Waals surface area contributed by atoms with Gasteiger partial charge in [-0.25, -0.2) is 9.37 Å². The third-order valence-corrected chi connectivity index (χ3v) is 5.88. The van der Waals surface area contributed by atoms with Crippen molar-refractivity contribution >= 4 is 22.8 Å². The van der Waals surface area contributed by atoms with Crippen LogP contribution >= 0.6 is 0 Å². The Hall–Kier alpha value is -2.48. The van der Waals surface area contributed by atoms with Crippen LogP contribution in [0.25, 0.3) is 11.0 Å². The fraction of sp³-hybridized carbons (Fsp3) is 0.550. The maximum atomic E-state index is 13.7. The molecule has 2 amide bonds. The molecule has 4 rings (SSSR count). The number of aromatic nitrogens is 2. The second-order valence-corrected chi connectivity index (χ2v) is 7.87. The van der Waals surface area contributed by atoms with Gasteiger partial charge in [-0.2, -0.15) is 0 Å². The van der Waals surface area contributed by atoms with Gasteiger partial charge in [0.25, 0.3) is 11.8 Å². The second kappa shape index (κ2) is 7.87. The summed E-state index contributed by atoms with van der Waals surface area (Å²) in [7, 11) is 0. The van der Waals surface area contributed by atoms with Gasteiger partial charge in [-0.3, -0.25) is 9.59 Å². The Morgan fingerprint density at radius 2 is 1.79 bits per heavy atom. The number of imidazole rings is 1. The van der Waals surface area contributed by atoms with E-state index in [1.54, 1.807) is 4.90 Å². The lowest BCUT2D eigenvalue weighted by Crippen LogP contribution is -2.48. The van der Waals surface area contributed by atoms with Gasteiger partial charge in [0.05, 0.1) is 11.1 Å². The van der Waals surface area contributed by atoms with E-state index in [9.17, 15) is 14.0 Å². The van der Waals surface area contributed by atoms with E-state index in [0.29, 0.717) is 30.7 Å². The van der Waals surface area contributed by atoms with E-state index >= 15 is 0 Å². The summed E-state index contributed by atoms with van der Waals surface area (Å²) in [5.74, 6) is -1.49. The van der Waals surface area contributed by atoms with E-state index in [2.05, 4.69) is 15.3 Å². The number of rotatable bonds is 4. The number of likely N-dealkylation sites (tertiary alicyclic amines) is 1. The SMILES string of the molecule is NC(=O)c1cc(F)cc2[nH]c(C(=O)N3CCC(NC4CCCCC4)CC3)nc12. The molecule has 0 spiro atoms. The summed E-state index contributed by atoms with van der Waals surface area (Å²) in [4.78, 5) is 33.2. The predicted molar refractivity (Wildman–Crippen MR) is 104 cm³/mol. The van der Waals surface area contributed by atoms with Crippen molar-refractivity contribution in [3.05, 3.63) is 29.3 Å². The van der Waals surface area contributed by atoms with Gasteiger partial charge in [-0.05, 0) is 37.8 Å². The number of carbonyl (C=O) groups excluding carboxylic acids is 2. The van der Waals surface area contributed by atoms with E-state index in [0.717, 1.165) is 18.9 Å². The molecule has 1 aliphatic heterocycles. The fourth-order valence-corrected chi connectivity index (χ4v) is 4.37. The predicted octanol–water partition coefficient (Wildman–Crippen LogP) is 2.33. The zero-order valence-electron chi connectivity index (χ0n) is 15.8. The van der Waals surface area contributed by atoms with Gasteiger partial charge in [-0.15, -0.1) is 0 Å². The average Bonchev–Trinajstić information content (AvgIpc) is 3.12. The van der Waals surface area contributed by atoms with Crippen molar-refractivity contribution in [3.8, 4) is 0 Å². The topological polar surface area (TPSA) is 104 Å². The highest BCUT2D eigenvalue weighted by Gasteiger charge is 2.27. The van der Waals surface area contributed by atoms with Crippen LogP contribution in [0.4, 0.5) is 4.39 Å². The lowest BCUT2D eigenvalue weighted by atomic mass is 9.93. The molecule has 7 nitrogen and oxygen atoms in total. The lowest BCUT2D eigenvalue weighted by Gasteiger charge is -2.35. The minimum absolute atomic E-state index is 0.0271. The molecule has 1 saturated carbocycles. The Morgan fingerprint density at radius 3 is 2.46 bits per heavy atom. The van der Waals surface area contributed by atoms with Crippen molar-refractivity contribution in [2.75, 3.05) is 13.1 Å². The molecule has 1 aromatic heterocycles. The number of piperidine rings is 1. The molecular formula is C20H26FN5O2. The Bertz CT molecular complexity index is 882. The number of fused-ring (bicyclic) bond motifs is 1. The Labute approximate surface area is 162 Å². The van der Waals surface area contributed by atoms with Gasteiger partial charge in [0.2, 0.25) is 0 Å². The number of aromatic amines is 1. The minimum Gasteiger partial charge on any atom is -0.366 e. The molecule has 1 aliphatic carbocycles. The van der Waals surface area contributed by atoms with E-state index < -0.39 is 11.7 Å². The van der Waals surface area contributed by atoms with Crippen LogP contribution in [0.1, 0.15) is 65.9 Å². The molecule has 150 valence electrons. The van der Waals surface area contributed by atoms with Crippen molar-refractivity contribution in [1.29, 1.82) is 0 Å². The first kappa shape index (κ1) is 18.9. The van der Waals surface area contributed by atoms with Crippen LogP contribution in [0.5, 0.6) is 0 Å². The largest absolute Gasteiger partial charge is 0.366 e. The summed E-state index contributed by atoms with van der Waals surface area (Å²) in [6, 6.07) is 3.31. The Morgan fingerprint density at radius 1 is 1.11 bits per heavy atom. The van der Waals surface area contributed by atoms with E-state index in [1.807, 2.05) is 0 Å². The molecule has 2 fully saturated rings. The number of H-pyrrole nitrogens is 1. The average molecular weight is 387 g/mol. The zero-order valence-corrected chi connectivity index (χ0v) is 15.8. The number of primary amides is 1. The van der Waals surface area contributed by atoms with Crippen molar-refractivity contribution in [3.63, 3.8) is 0 Å². The number of carbonyl (C=O) groups is 2. The molecule has 0 bridgehead atoms. The number of hydrogen-bond acceptors (Lipinski definition) is 4. The van der Waals surface area contributed by atoms with Gasteiger partial charge in [0, 0.05) is 25.2 Å². The fourth-order valence-electron chi connectivity index (χ4n) is 4.37. The van der Waals surface area contributed by atoms with Crippen molar-refractivity contribution in [2.45, 2.75) is 57.0 Å². The van der Waals surface area contributed by atoms with Gasteiger partial charge in [0.15, 0.2) is 5.82 Å². The molecule has 2 aliphatic rings. The van der Waals surface area contributed by atoms with Crippen LogP contribution in [-0.2, 0) is 0 Å². The van der Waals surface area contributed by atoms with E-state index in [4.69, 9.17) is 5.73 Å². The maximum Gasteiger partial charge on any atom is 0.289 e. The first-order chi connectivity index (χ1) is 13.5. The smallest absolute Gasteiger partial charge is 0.289 e. The molecule has 8 heteroatoms. The molecule has 2 heterocycles. The summed E-state index contributed by atoms with van der Waals surface area (Å²) < 4.78 is 13.7. The van der Waals surface area contributed by atoms with Gasteiger partial charge in [-0.1, -0.05) is 19.3 Å². The monoisotopic (exact) mass is 387 g/mol. The molecule has 0 radical (unpaired) electrons. The summed E-state index contributed by atoms with van der Waals surface area (Å²) in [5.41, 5.74) is 5.81. The third-order valence-electron chi connectivity index (χ3n) is 5.88. The van der Waals surface area contributed by atoms with Crippen molar-refractivity contribution in [1.82, 2.24) is 20.2 Å². The number of nitrogens with two attached hydrogens (primary N) is 1. The lowest BCUT2D eigenvalue weighted by molar-refractivity contribution is 0.0688. The van der Waals surface area contributed by atoms with Crippen LogP contribution < -0.4 is 11.1 Å². The molecule has 1 saturated heterocycles. The molecular weight excluding hydrogens is 361 g/mol. The summed E-state index contributed by atoms with van der Waals surface area (Å²) >= 11 is 0. The number of nitrogens with one attached hydrogen (secondary N) is 2. The van der Waals surface area contributed by atoms with E-state index in [-0.39, 0.29) is 22.8 Å². The van der Waals surface area contributed by atoms with Crippen LogP contribution in [0.15, 0.2) is 12.1 Å². The number of hydrogen-bond donors (Lipinski definition) is 3. The number of halogens is 1. The molecule has 1 aromatic carbocycles. The van der Waals surface area contributed by atoms with Crippen LogP contribution in [0.3, 0.4) is 0 Å². The normalized spacial score (nSPS) is 19.2. The summed E-state index contributed by atoms with van der Waals surface area (Å²) in [5, 5.41) is 3.75. The summed E-state index contributed by atoms with van der Waals surface area (Å²) in [6.45, 7) is 1.30. The first-order valence-corrected chi connectivity index (χ1v) is 10.1. The Balaban J connectivity index is 1.42. The van der Waals surface area contributed by atoms with Gasteiger partial charge < -0.3 is 20.9 Å². The van der Waals surface area contributed by atoms with E-state index in [1.165, 1.54) is 38.2 Å². The van der Waals surface area contributed by atoms with Gasteiger partial charge in [0.1, 0.15) is 11.3 Å². The molecule has 0 atom stereocenters. The van der Waals surface area contributed by atoms with Crippen LogP contribution in [0.2, 0.25) is 0 Å². The second-order valence-electron chi connectivity index (χ2n) is 7.87. The highest BCUT2D eigenvalue weighted by atomic mass is 19.1. The number of benzene rings is 1. The molecule has 4 N–H and O–H groups in total. The van der Waals surface area contributed by atoms with Crippen molar-refractivity contribution < 1.29 is 14.0 Å². The van der Waals surface area contributed by atoms with Crippen molar-refractivity contribution in [2.24, 2.45) is 5.73 Å². The number of amides is 2. The highest BCUT2D eigenvalue weighted by molar-refractivity contribution is 6.05. The Kier molecular flexibility index (Phi) is 5.30. The maximum absolute atomic E-state index is 13.7. The quantitative estimate of drug-likeness (QED) is 0.749. The third kappa shape index (κ3) is 3.87. The molecule has 28 heavy (non-hydrogen) atoms. The summed E-state index contributed by atoms with van der Waals surface area (Å²) in [6.07, 6.45) is 8.24. The molecule has 0 unspecified atom stereocenters. The standard InChI is InChI=1S/C20H26FN5O2/c21-12-10-15(18(22)27)17-16(11-12)24-19(25-17)20(28)26-8-6-14(7-9-26)23-13-4-2-1-3-5-13/h10-11,13-14,23H,1-9H2,(H2,22,27)(H,24,25). The van der Waals surface area contributed by atoms with Crippen LogP contribution in [-0.4, -0.2) is 51.9 Å². The minimum atomic E-state index is -0.774. The zero-order chi connectivity index (χ0) is 19.7. The van der Waals surface area contributed by atoms with Gasteiger partial charge >= 0.3 is 0 Å². The first-order valence-electron chi connectivity index (χ1n) is 10.1.